The summed E-state index contributed by atoms with van der Waals surface area (Å²) in [5.74, 6) is -0.253. The normalized spacial score (nSPS) is 17.5. The average Bonchev–Trinajstić information content (AvgIpc) is 2.92. The topological polar surface area (TPSA) is 57.7 Å². The van der Waals surface area contributed by atoms with Gasteiger partial charge in [0.1, 0.15) is 6.04 Å². The SMILES string of the molecule is Cc1ccc(Cl)cc1N([C@@H](C)C(=O)N1c2ccccc2C[C@H]1C)S(C)(=O)=O. The van der Waals surface area contributed by atoms with Crippen LogP contribution >= 0.6 is 11.6 Å². The summed E-state index contributed by atoms with van der Waals surface area (Å²) in [6, 6.07) is 11.8. The minimum atomic E-state index is -3.70. The van der Waals surface area contributed by atoms with Crippen LogP contribution in [0.5, 0.6) is 0 Å². The lowest BCUT2D eigenvalue weighted by atomic mass is 10.1. The van der Waals surface area contributed by atoms with Gasteiger partial charge >= 0.3 is 0 Å². The van der Waals surface area contributed by atoms with Crippen molar-refractivity contribution in [3.63, 3.8) is 0 Å². The fraction of sp³-hybridized carbons (Fsp3) is 0.350. The van der Waals surface area contributed by atoms with Crippen LogP contribution in [-0.4, -0.2) is 32.7 Å². The lowest BCUT2D eigenvalue weighted by Crippen LogP contribution is -2.51. The Morgan fingerprint density at radius 2 is 1.93 bits per heavy atom. The molecule has 1 aliphatic rings. The number of benzene rings is 2. The van der Waals surface area contributed by atoms with E-state index in [-0.39, 0.29) is 11.9 Å². The zero-order valence-electron chi connectivity index (χ0n) is 15.8. The molecule has 0 aromatic heterocycles. The lowest BCUT2D eigenvalue weighted by molar-refractivity contribution is -0.119. The molecule has 0 aliphatic carbocycles. The van der Waals surface area contributed by atoms with Gasteiger partial charge in [-0.15, -0.1) is 0 Å². The van der Waals surface area contributed by atoms with Crippen molar-refractivity contribution in [1.29, 1.82) is 0 Å². The quantitative estimate of drug-likeness (QED) is 0.776. The van der Waals surface area contributed by atoms with Gasteiger partial charge in [-0.25, -0.2) is 8.42 Å². The smallest absolute Gasteiger partial charge is 0.250 e. The molecule has 2 aromatic rings. The number of fused-ring (bicyclic) bond motifs is 1. The van der Waals surface area contributed by atoms with Gasteiger partial charge in [-0.3, -0.25) is 9.10 Å². The molecule has 5 nitrogen and oxygen atoms in total. The molecule has 1 aliphatic heterocycles. The molecule has 27 heavy (non-hydrogen) atoms. The van der Waals surface area contributed by atoms with Crippen LogP contribution in [-0.2, 0) is 21.2 Å². The van der Waals surface area contributed by atoms with Gasteiger partial charge in [0.25, 0.3) is 5.91 Å². The molecule has 0 radical (unpaired) electrons. The predicted octanol–water partition coefficient (Wildman–Crippen LogP) is 3.78. The minimum Gasteiger partial charge on any atom is -0.307 e. The van der Waals surface area contributed by atoms with Crippen molar-refractivity contribution in [3.05, 3.63) is 58.6 Å². The molecule has 0 N–H and O–H groups in total. The number of aryl methyl sites for hydroxylation is 1. The maximum atomic E-state index is 13.4. The highest BCUT2D eigenvalue weighted by Crippen LogP contribution is 2.34. The highest BCUT2D eigenvalue weighted by Gasteiger charge is 2.38. The number of carbonyl (C=O) groups is 1. The molecule has 2 atom stereocenters. The Morgan fingerprint density at radius 3 is 2.59 bits per heavy atom. The van der Waals surface area contributed by atoms with E-state index in [2.05, 4.69) is 0 Å². The van der Waals surface area contributed by atoms with Gasteiger partial charge in [0.05, 0.1) is 11.9 Å². The summed E-state index contributed by atoms with van der Waals surface area (Å²) in [7, 11) is -3.70. The van der Waals surface area contributed by atoms with Crippen LogP contribution in [0.2, 0.25) is 5.02 Å². The summed E-state index contributed by atoms with van der Waals surface area (Å²) in [6.07, 6.45) is 1.86. The minimum absolute atomic E-state index is 0.0285. The van der Waals surface area contributed by atoms with Crippen molar-refractivity contribution >= 4 is 38.9 Å². The molecule has 0 saturated heterocycles. The summed E-state index contributed by atoms with van der Waals surface area (Å²) < 4.78 is 26.4. The Balaban J connectivity index is 2.04. The van der Waals surface area contributed by atoms with E-state index in [1.54, 1.807) is 36.9 Å². The molecule has 7 heteroatoms. The maximum Gasteiger partial charge on any atom is 0.250 e. The molecular formula is C20H23ClN2O3S. The number of nitrogens with zero attached hydrogens (tertiary/aromatic N) is 2. The number of para-hydroxylation sites is 1. The molecule has 144 valence electrons. The van der Waals surface area contributed by atoms with Crippen LogP contribution < -0.4 is 9.21 Å². The van der Waals surface area contributed by atoms with Gasteiger partial charge in [-0.1, -0.05) is 35.9 Å². The Bertz CT molecular complexity index is 990. The third kappa shape index (κ3) is 3.69. The second kappa shape index (κ2) is 7.17. The first kappa shape index (κ1) is 19.7. The van der Waals surface area contributed by atoms with Crippen molar-refractivity contribution < 1.29 is 13.2 Å². The van der Waals surface area contributed by atoms with Crippen molar-refractivity contribution in [2.75, 3.05) is 15.5 Å². The first-order valence-electron chi connectivity index (χ1n) is 8.78. The zero-order valence-corrected chi connectivity index (χ0v) is 17.4. The fourth-order valence-electron chi connectivity index (χ4n) is 3.70. The van der Waals surface area contributed by atoms with Gasteiger partial charge in [0, 0.05) is 16.8 Å². The lowest BCUT2D eigenvalue weighted by Gasteiger charge is -2.33. The molecule has 0 spiro atoms. The first-order chi connectivity index (χ1) is 12.6. The van der Waals surface area contributed by atoms with E-state index in [0.717, 1.165) is 29.5 Å². The Labute approximate surface area is 165 Å². The van der Waals surface area contributed by atoms with Crippen LogP contribution in [0.25, 0.3) is 0 Å². The van der Waals surface area contributed by atoms with Crippen molar-refractivity contribution in [3.8, 4) is 0 Å². The van der Waals surface area contributed by atoms with Gasteiger partial charge < -0.3 is 4.90 Å². The van der Waals surface area contributed by atoms with E-state index in [9.17, 15) is 13.2 Å². The van der Waals surface area contributed by atoms with E-state index >= 15 is 0 Å². The average molecular weight is 407 g/mol. The Hall–Kier alpha value is -2.05. The van der Waals surface area contributed by atoms with Crippen LogP contribution in [0.4, 0.5) is 11.4 Å². The van der Waals surface area contributed by atoms with Crippen LogP contribution in [0.15, 0.2) is 42.5 Å². The van der Waals surface area contributed by atoms with Crippen LogP contribution in [0.3, 0.4) is 0 Å². The number of anilines is 2. The Morgan fingerprint density at radius 1 is 1.26 bits per heavy atom. The van der Waals surface area contributed by atoms with Gasteiger partial charge in [-0.05, 0) is 56.5 Å². The molecule has 0 bridgehead atoms. The van der Waals surface area contributed by atoms with E-state index < -0.39 is 16.1 Å². The van der Waals surface area contributed by atoms with E-state index in [1.165, 1.54) is 4.31 Å². The standard InChI is InChI=1S/C20H23ClN2O3S/c1-13-9-10-17(21)12-19(13)23(27(4,25)26)15(3)20(24)22-14(2)11-16-7-5-6-8-18(16)22/h5-10,12,14-15H,11H2,1-4H3/t14-,15+/m1/s1. The highest BCUT2D eigenvalue weighted by molar-refractivity contribution is 7.92. The number of sulfonamides is 1. The van der Waals surface area contributed by atoms with Crippen molar-refractivity contribution in [1.82, 2.24) is 0 Å². The molecule has 1 amide bonds. The second-order valence-corrected chi connectivity index (χ2v) is 9.35. The molecule has 1 heterocycles. The number of hydrogen-bond donors (Lipinski definition) is 0. The molecule has 2 aromatic carbocycles. The summed E-state index contributed by atoms with van der Waals surface area (Å²) >= 11 is 6.10. The largest absolute Gasteiger partial charge is 0.307 e. The first-order valence-corrected chi connectivity index (χ1v) is 11.0. The molecule has 0 fully saturated rings. The number of halogens is 1. The molecule has 0 saturated carbocycles. The molecule has 3 rings (SSSR count). The molecular weight excluding hydrogens is 384 g/mol. The maximum absolute atomic E-state index is 13.4. The number of amides is 1. The van der Waals surface area contributed by atoms with E-state index in [0.29, 0.717) is 10.7 Å². The summed E-state index contributed by atoms with van der Waals surface area (Å²) in [4.78, 5) is 15.1. The van der Waals surface area contributed by atoms with Gasteiger partial charge in [-0.2, -0.15) is 0 Å². The van der Waals surface area contributed by atoms with Crippen LogP contribution in [0.1, 0.15) is 25.0 Å². The molecule has 0 unspecified atom stereocenters. The number of hydrogen-bond acceptors (Lipinski definition) is 3. The zero-order chi connectivity index (χ0) is 19.9. The van der Waals surface area contributed by atoms with E-state index in [1.807, 2.05) is 31.2 Å². The predicted molar refractivity (Wildman–Crippen MR) is 110 cm³/mol. The van der Waals surface area contributed by atoms with E-state index in [4.69, 9.17) is 11.6 Å². The van der Waals surface area contributed by atoms with Crippen molar-refractivity contribution in [2.45, 2.75) is 39.3 Å². The fourth-order valence-corrected chi connectivity index (χ4v) is 5.08. The van der Waals surface area contributed by atoms with Crippen molar-refractivity contribution in [2.24, 2.45) is 0 Å². The van der Waals surface area contributed by atoms with Gasteiger partial charge in [0.15, 0.2) is 0 Å². The number of carbonyl (C=O) groups excluding carboxylic acids is 1. The number of rotatable bonds is 4. The summed E-state index contributed by atoms with van der Waals surface area (Å²) in [5, 5.41) is 0.420. The third-order valence-electron chi connectivity index (χ3n) is 4.92. The summed E-state index contributed by atoms with van der Waals surface area (Å²) in [6.45, 7) is 5.40. The third-order valence-corrected chi connectivity index (χ3v) is 6.38. The highest BCUT2D eigenvalue weighted by atomic mass is 35.5. The van der Waals surface area contributed by atoms with Crippen LogP contribution in [0, 0.1) is 6.92 Å². The second-order valence-electron chi connectivity index (χ2n) is 7.06. The monoisotopic (exact) mass is 406 g/mol. The Kier molecular flexibility index (Phi) is 5.23. The van der Waals surface area contributed by atoms with Gasteiger partial charge in [0.2, 0.25) is 10.0 Å². The summed E-state index contributed by atoms with van der Waals surface area (Å²) in [5.41, 5.74) is 3.10.